The zero-order valence-electron chi connectivity index (χ0n) is 17.9. The van der Waals surface area contributed by atoms with E-state index in [1.54, 1.807) is 29.2 Å². The Labute approximate surface area is 185 Å². The van der Waals surface area contributed by atoms with Crippen molar-refractivity contribution in [3.8, 4) is 5.69 Å². The lowest BCUT2D eigenvalue weighted by atomic mass is 10.1. The van der Waals surface area contributed by atoms with E-state index in [1.807, 2.05) is 61.5 Å². The van der Waals surface area contributed by atoms with Gasteiger partial charge in [-0.2, -0.15) is 10.2 Å². The molecule has 0 aliphatic rings. The molecular weight excluding hydrogens is 404 g/mol. The van der Waals surface area contributed by atoms with Gasteiger partial charge >= 0.3 is 0 Å². The van der Waals surface area contributed by atoms with Crippen LogP contribution in [0.2, 0.25) is 0 Å². The fraction of sp³-hybridized carbons (Fsp3) is 0.174. The van der Waals surface area contributed by atoms with Gasteiger partial charge in [0.05, 0.1) is 23.5 Å². The van der Waals surface area contributed by atoms with E-state index in [2.05, 4.69) is 30.9 Å². The number of anilines is 1. The standard InChI is InChI=1S/C23H24N8O/c1-30(2)12-11-24-23(32)18-8-6-7-17(13-18)14-27-29-21-20-15-28-31(22(20)26-16-25-21)19-9-4-3-5-10-19/h3-10,13-16H,11-12H2,1-2H3,(H,24,32)(H,25,26,29). The zero-order valence-corrected chi connectivity index (χ0v) is 17.9. The predicted molar refractivity (Wildman–Crippen MR) is 125 cm³/mol. The minimum atomic E-state index is -0.110. The van der Waals surface area contributed by atoms with Crippen molar-refractivity contribution < 1.29 is 4.79 Å². The van der Waals surface area contributed by atoms with Crippen LogP contribution in [0.15, 0.2) is 72.2 Å². The van der Waals surface area contributed by atoms with E-state index in [1.165, 1.54) is 6.33 Å². The van der Waals surface area contributed by atoms with E-state index < -0.39 is 0 Å². The average molecular weight is 429 g/mol. The molecule has 2 N–H and O–H groups in total. The molecule has 0 aliphatic heterocycles. The van der Waals surface area contributed by atoms with Gasteiger partial charge in [0.15, 0.2) is 11.5 Å². The summed E-state index contributed by atoms with van der Waals surface area (Å²) in [7, 11) is 3.93. The smallest absolute Gasteiger partial charge is 0.251 e. The molecule has 0 saturated carbocycles. The summed E-state index contributed by atoms with van der Waals surface area (Å²) in [6.07, 6.45) is 4.82. The molecule has 0 bridgehead atoms. The molecule has 2 heterocycles. The Balaban J connectivity index is 1.47. The van der Waals surface area contributed by atoms with Gasteiger partial charge in [-0.1, -0.05) is 30.3 Å². The second-order valence-corrected chi connectivity index (χ2v) is 7.41. The number of carbonyl (C=O) groups excluding carboxylic acids is 1. The molecule has 0 radical (unpaired) electrons. The molecule has 0 aliphatic carbocycles. The minimum Gasteiger partial charge on any atom is -0.351 e. The van der Waals surface area contributed by atoms with Crippen LogP contribution in [-0.4, -0.2) is 64.0 Å². The van der Waals surface area contributed by atoms with E-state index in [0.29, 0.717) is 23.6 Å². The molecule has 2 aromatic carbocycles. The van der Waals surface area contributed by atoms with Gasteiger partial charge in [0.2, 0.25) is 0 Å². The second-order valence-electron chi connectivity index (χ2n) is 7.41. The SMILES string of the molecule is CN(C)CCNC(=O)c1cccc(C=NNc2ncnc3c2cnn3-c2ccccc2)c1. The molecule has 4 rings (SSSR count). The number of nitrogens with zero attached hydrogens (tertiary/aromatic N) is 6. The Morgan fingerprint density at radius 1 is 1.12 bits per heavy atom. The fourth-order valence-corrected chi connectivity index (χ4v) is 3.11. The Bertz CT molecular complexity index is 1230. The molecule has 162 valence electrons. The number of benzene rings is 2. The van der Waals surface area contributed by atoms with Crippen LogP contribution in [0, 0.1) is 0 Å². The zero-order chi connectivity index (χ0) is 22.3. The summed E-state index contributed by atoms with van der Waals surface area (Å²) in [6.45, 7) is 1.37. The maximum atomic E-state index is 12.3. The highest BCUT2D eigenvalue weighted by atomic mass is 16.1. The molecule has 2 aromatic heterocycles. The number of amides is 1. The van der Waals surface area contributed by atoms with Crippen molar-refractivity contribution in [1.29, 1.82) is 0 Å². The van der Waals surface area contributed by atoms with Gasteiger partial charge in [-0.15, -0.1) is 0 Å². The van der Waals surface area contributed by atoms with Crippen LogP contribution in [-0.2, 0) is 0 Å². The maximum Gasteiger partial charge on any atom is 0.251 e. The quantitative estimate of drug-likeness (QED) is 0.330. The molecule has 0 spiro atoms. The van der Waals surface area contributed by atoms with Crippen LogP contribution < -0.4 is 10.7 Å². The van der Waals surface area contributed by atoms with Crippen molar-refractivity contribution >= 4 is 29.0 Å². The molecule has 0 unspecified atom stereocenters. The molecule has 0 saturated heterocycles. The van der Waals surface area contributed by atoms with Gasteiger partial charge in [-0.3, -0.25) is 10.2 Å². The normalized spacial score (nSPS) is 11.3. The Morgan fingerprint density at radius 2 is 1.97 bits per heavy atom. The number of carbonyl (C=O) groups is 1. The van der Waals surface area contributed by atoms with Crippen LogP contribution in [0.3, 0.4) is 0 Å². The maximum absolute atomic E-state index is 12.3. The van der Waals surface area contributed by atoms with E-state index in [0.717, 1.165) is 23.2 Å². The third-order valence-corrected chi connectivity index (χ3v) is 4.74. The lowest BCUT2D eigenvalue weighted by molar-refractivity contribution is 0.0951. The van der Waals surface area contributed by atoms with Crippen LogP contribution >= 0.6 is 0 Å². The van der Waals surface area contributed by atoms with Crippen molar-refractivity contribution in [3.63, 3.8) is 0 Å². The monoisotopic (exact) mass is 428 g/mol. The van der Waals surface area contributed by atoms with Crippen molar-refractivity contribution in [2.24, 2.45) is 5.10 Å². The number of likely N-dealkylation sites (N-methyl/N-ethyl adjacent to an activating group) is 1. The number of hydrogen-bond acceptors (Lipinski definition) is 7. The van der Waals surface area contributed by atoms with Gasteiger partial charge in [0.25, 0.3) is 5.91 Å². The molecular formula is C23H24N8O. The first-order valence-corrected chi connectivity index (χ1v) is 10.2. The molecule has 4 aromatic rings. The topological polar surface area (TPSA) is 100 Å². The van der Waals surface area contributed by atoms with Crippen molar-refractivity contribution in [3.05, 3.63) is 78.2 Å². The molecule has 0 atom stereocenters. The second kappa shape index (κ2) is 9.80. The molecule has 0 fully saturated rings. The molecule has 1 amide bonds. The Hall–Kier alpha value is -4.11. The van der Waals surface area contributed by atoms with Crippen molar-refractivity contribution in [2.45, 2.75) is 0 Å². The summed E-state index contributed by atoms with van der Waals surface area (Å²) in [5.41, 5.74) is 5.93. The number of hydrazone groups is 1. The third kappa shape index (κ3) is 4.96. The fourth-order valence-electron chi connectivity index (χ4n) is 3.11. The van der Waals surface area contributed by atoms with Crippen LogP contribution in [0.5, 0.6) is 0 Å². The number of aromatic nitrogens is 4. The van der Waals surface area contributed by atoms with Crippen LogP contribution in [0.4, 0.5) is 5.82 Å². The summed E-state index contributed by atoms with van der Waals surface area (Å²) >= 11 is 0. The predicted octanol–water partition coefficient (Wildman–Crippen LogP) is 2.55. The highest BCUT2D eigenvalue weighted by molar-refractivity contribution is 5.96. The van der Waals surface area contributed by atoms with Gasteiger partial charge in [-0.25, -0.2) is 14.6 Å². The number of para-hydroxylation sites is 1. The minimum absolute atomic E-state index is 0.110. The Kier molecular flexibility index (Phi) is 6.47. The molecule has 32 heavy (non-hydrogen) atoms. The van der Waals surface area contributed by atoms with E-state index in [9.17, 15) is 4.79 Å². The summed E-state index contributed by atoms with van der Waals surface area (Å²) < 4.78 is 1.75. The van der Waals surface area contributed by atoms with Crippen LogP contribution in [0.25, 0.3) is 16.7 Å². The first-order valence-electron chi connectivity index (χ1n) is 10.2. The highest BCUT2D eigenvalue weighted by Gasteiger charge is 2.10. The number of rotatable bonds is 8. The number of nitrogens with one attached hydrogen (secondary N) is 2. The van der Waals surface area contributed by atoms with E-state index in [-0.39, 0.29) is 5.91 Å². The van der Waals surface area contributed by atoms with Crippen molar-refractivity contribution in [2.75, 3.05) is 32.6 Å². The summed E-state index contributed by atoms with van der Waals surface area (Å²) in [6, 6.07) is 17.1. The third-order valence-electron chi connectivity index (χ3n) is 4.74. The van der Waals surface area contributed by atoms with E-state index >= 15 is 0 Å². The molecule has 9 nitrogen and oxygen atoms in total. The van der Waals surface area contributed by atoms with Crippen LogP contribution in [0.1, 0.15) is 15.9 Å². The van der Waals surface area contributed by atoms with Gasteiger partial charge in [0, 0.05) is 18.7 Å². The summed E-state index contributed by atoms with van der Waals surface area (Å²) in [5, 5.41) is 12.4. The van der Waals surface area contributed by atoms with Gasteiger partial charge in [0.1, 0.15) is 6.33 Å². The number of fused-ring (bicyclic) bond motifs is 1. The first-order chi connectivity index (χ1) is 15.6. The Morgan fingerprint density at radius 3 is 2.78 bits per heavy atom. The molecule has 9 heteroatoms. The lowest BCUT2D eigenvalue weighted by Gasteiger charge is -2.10. The van der Waals surface area contributed by atoms with Crippen molar-refractivity contribution in [1.82, 2.24) is 30.0 Å². The van der Waals surface area contributed by atoms with E-state index in [4.69, 9.17) is 0 Å². The average Bonchev–Trinajstić information content (AvgIpc) is 3.25. The first kappa shape index (κ1) is 21.1. The highest BCUT2D eigenvalue weighted by Crippen LogP contribution is 2.21. The summed E-state index contributed by atoms with van der Waals surface area (Å²) in [4.78, 5) is 23.0. The number of hydrogen-bond donors (Lipinski definition) is 2. The van der Waals surface area contributed by atoms with Gasteiger partial charge in [-0.05, 0) is 43.9 Å². The van der Waals surface area contributed by atoms with Gasteiger partial charge < -0.3 is 10.2 Å². The largest absolute Gasteiger partial charge is 0.351 e. The lowest BCUT2D eigenvalue weighted by Crippen LogP contribution is -2.31. The summed E-state index contributed by atoms with van der Waals surface area (Å²) in [5.74, 6) is 0.437.